The number of morpholine rings is 1. The van der Waals surface area contributed by atoms with Crippen LogP contribution in [0.2, 0.25) is 0 Å². The summed E-state index contributed by atoms with van der Waals surface area (Å²) < 4.78 is 18.0. The lowest BCUT2D eigenvalue weighted by atomic mass is 9.89. The fourth-order valence-corrected chi connectivity index (χ4v) is 4.64. The second kappa shape index (κ2) is 12.2. The molecule has 2 saturated heterocycles. The summed E-state index contributed by atoms with van der Waals surface area (Å²) in [5.41, 5.74) is 1.15. The quantitative estimate of drug-likeness (QED) is 0.347. The zero-order valence-electron chi connectivity index (χ0n) is 18.8. The Kier molecular flexibility index (Phi) is 9.65. The average Bonchev–Trinajstić information content (AvgIpc) is 3.31. The lowest BCUT2D eigenvalue weighted by Crippen LogP contribution is -2.53. The number of rotatable bonds is 5. The van der Waals surface area contributed by atoms with E-state index in [9.17, 15) is 0 Å². The number of aromatic nitrogens is 1. The fourth-order valence-electron chi connectivity index (χ4n) is 4.64. The number of hydrogen-bond donors (Lipinski definition) is 1. The van der Waals surface area contributed by atoms with Crippen molar-refractivity contribution in [3.63, 3.8) is 0 Å². The molecular weight excluding hydrogens is 507 g/mol. The molecule has 1 aliphatic carbocycles. The summed E-state index contributed by atoms with van der Waals surface area (Å²) in [7, 11) is 1.84. The maximum Gasteiger partial charge on any atom is 0.213 e. The highest BCUT2D eigenvalue weighted by Gasteiger charge is 2.32. The van der Waals surface area contributed by atoms with Crippen molar-refractivity contribution in [2.75, 3.05) is 33.4 Å². The van der Waals surface area contributed by atoms with E-state index in [4.69, 9.17) is 14.2 Å². The van der Waals surface area contributed by atoms with E-state index < -0.39 is 0 Å². The number of halogens is 1. The summed E-state index contributed by atoms with van der Waals surface area (Å²) in [6.45, 7) is 6.23. The highest BCUT2D eigenvalue weighted by molar-refractivity contribution is 14.0. The molecule has 4 rings (SSSR count). The van der Waals surface area contributed by atoms with Crippen LogP contribution in [0.3, 0.4) is 0 Å². The molecule has 2 atom stereocenters. The summed E-state index contributed by atoms with van der Waals surface area (Å²) in [6.07, 6.45) is 9.43. The predicted octanol–water partition coefficient (Wildman–Crippen LogP) is 3.61. The van der Waals surface area contributed by atoms with Crippen LogP contribution >= 0.6 is 24.0 Å². The Hall–Kier alpha value is -1.13. The number of nitrogens with zero attached hydrogens (tertiary/aromatic N) is 3. The van der Waals surface area contributed by atoms with E-state index in [1.807, 2.05) is 25.4 Å². The molecule has 1 aromatic rings. The number of aliphatic imine (C=N–C) groups is 1. The first-order valence-electron chi connectivity index (χ1n) is 11.5. The molecular formula is C23H37IN4O3. The third kappa shape index (κ3) is 6.92. The van der Waals surface area contributed by atoms with Crippen LogP contribution in [0, 0.1) is 5.92 Å². The van der Waals surface area contributed by atoms with Gasteiger partial charge in [0.15, 0.2) is 5.96 Å². The molecule has 174 valence electrons. The van der Waals surface area contributed by atoms with Crippen molar-refractivity contribution in [3.05, 3.63) is 23.9 Å². The van der Waals surface area contributed by atoms with Crippen LogP contribution < -0.4 is 10.1 Å². The highest BCUT2D eigenvalue weighted by atomic mass is 127. The Morgan fingerprint density at radius 3 is 2.74 bits per heavy atom. The molecule has 3 heterocycles. The zero-order valence-corrected chi connectivity index (χ0v) is 21.1. The first-order chi connectivity index (χ1) is 14.7. The molecule has 1 aromatic heterocycles. The molecule has 1 N–H and O–H groups in total. The largest absolute Gasteiger partial charge is 0.474 e. The fraction of sp³-hybridized carbons (Fsp3) is 0.739. The van der Waals surface area contributed by atoms with Gasteiger partial charge in [-0.3, -0.25) is 4.99 Å². The van der Waals surface area contributed by atoms with Crippen molar-refractivity contribution in [1.29, 1.82) is 0 Å². The van der Waals surface area contributed by atoms with Gasteiger partial charge in [0.05, 0.1) is 12.7 Å². The molecule has 3 fully saturated rings. The Morgan fingerprint density at radius 2 is 2.00 bits per heavy atom. The Labute approximate surface area is 203 Å². The molecule has 1 saturated carbocycles. The topological polar surface area (TPSA) is 68.2 Å². The van der Waals surface area contributed by atoms with E-state index >= 15 is 0 Å². The normalized spacial score (nSPS) is 29.4. The van der Waals surface area contributed by atoms with Gasteiger partial charge in [-0.25, -0.2) is 4.98 Å². The summed E-state index contributed by atoms with van der Waals surface area (Å²) >= 11 is 0. The lowest BCUT2D eigenvalue weighted by Gasteiger charge is -2.37. The first-order valence-corrected chi connectivity index (χ1v) is 11.5. The minimum Gasteiger partial charge on any atom is -0.474 e. The Morgan fingerprint density at radius 1 is 1.19 bits per heavy atom. The van der Waals surface area contributed by atoms with E-state index in [1.54, 1.807) is 0 Å². The molecule has 0 radical (unpaired) electrons. The van der Waals surface area contributed by atoms with E-state index in [-0.39, 0.29) is 36.2 Å². The molecule has 0 bridgehead atoms. The van der Waals surface area contributed by atoms with Crippen LogP contribution in [0.1, 0.15) is 51.0 Å². The van der Waals surface area contributed by atoms with Gasteiger partial charge >= 0.3 is 0 Å². The second-order valence-corrected chi connectivity index (χ2v) is 8.81. The van der Waals surface area contributed by atoms with Gasteiger partial charge in [0, 0.05) is 45.6 Å². The number of pyridine rings is 1. The highest BCUT2D eigenvalue weighted by Crippen LogP contribution is 2.26. The molecule has 0 aromatic carbocycles. The third-order valence-corrected chi connectivity index (χ3v) is 6.48. The van der Waals surface area contributed by atoms with Crippen LogP contribution in [-0.2, 0) is 16.0 Å². The summed E-state index contributed by atoms with van der Waals surface area (Å²) in [4.78, 5) is 11.2. The zero-order chi connectivity index (χ0) is 20.8. The van der Waals surface area contributed by atoms with Crippen molar-refractivity contribution in [3.8, 4) is 5.88 Å². The van der Waals surface area contributed by atoms with Crippen molar-refractivity contribution in [2.24, 2.45) is 10.9 Å². The van der Waals surface area contributed by atoms with Gasteiger partial charge in [-0.15, -0.1) is 24.0 Å². The van der Waals surface area contributed by atoms with Gasteiger partial charge in [-0.1, -0.05) is 6.92 Å². The van der Waals surface area contributed by atoms with Gasteiger partial charge in [0.25, 0.3) is 0 Å². The van der Waals surface area contributed by atoms with E-state index in [1.165, 1.54) is 12.8 Å². The molecule has 0 amide bonds. The molecule has 31 heavy (non-hydrogen) atoms. The molecule has 2 unspecified atom stereocenters. The van der Waals surface area contributed by atoms with Crippen LogP contribution in [0.4, 0.5) is 0 Å². The van der Waals surface area contributed by atoms with Crippen molar-refractivity contribution in [1.82, 2.24) is 15.2 Å². The standard InChI is InChI=1S/C23H36N4O3.HI/c1-17-5-7-19(8-6-17)30-22-14-18(9-10-25-22)15-26-23(24-2)27-11-13-29-21(16-27)20-4-3-12-28-20;/h9-10,14,17,19-21H,3-8,11-13,15-16H2,1-2H3,(H,24,26);1H. The SMILES string of the molecule is CN=C(NCc1ccnc(OC2CCC(C)CC2)c1)N1CCOC(C2CCCO2)C1.I. The van der Waals surface area contributed by atoms with Crippen LogP contribution in [-0.4, -0.2) is 67.5 Å². The lowest BCUT2D eigenvalue weighted by molar-refractivity contribution is -0.0817. The maximum atomic E-state index is 6.15. The van der Waals surface area contributed by atoms with Gasteiger partial charge in [-0.05, 0) is 56.1 Å². The molecule has 2 aliphatic heterocycles. The van der Waals surface area contributed by atoms with Gasteiger partial charge in [0.2, 0.25) is 5.88 Å². The number of ether oxygens (including phenoxy) is 3. The Balaban J connectivity index is 0.00000272. The van der Waals surface area contributed by atoms with Crippen LogP contribution in [0.5, 0.6) is 5.88 Å². The molecule has 3 aliphatic rings. The smallest absolute Gasteiger partial charge is 0.213 e. The predicted molar refractivity (Wildman–Crippen MR) is 132 cm³/mol. The molecule has 8 heteroatoms. The van der Waals surface area contributed by atoms with Crippen LogP contribution in [0.25, 0.3) is 0 Å². The maximum absolute atomic E-state index is 6.15. The van der Waals surface area contributed by atoms with Gasteiger partial charge in [0.1, 0.15) is 12.2 Å². The monoisotopic (exact) mass is 544 g/mol. The Bertz CT molecular complexity index is 706. The van der Waals surface area contributed by atoms with Crippen molar-refractivity contribution < 1.29 is 14.2 Å². The summed E-state index contributed by atoms with van der Waals surface area (Å²) in [5.74, 6) is 2.45. The van der Waals surface area contributed by atoms with E-state index in [2.05, 4.69) is 27.1 Å². The van der Waals surface area contributed by atoms with E-state index in [0.29, 0.717) is 19.3 Å². The average molecular weight is 544 g/mol. The number of guanidine groups is 1. The summed E-state index contributed by atoms with van der Waals surface area (Å²) in [5, 5.41) is 3.50. The van der Waals surface area contributed by atoms with Crippen molar-refractivity contribution in [2.45, 2.75) is 70.3 Å². The van der Waals surface area contributed by atoms with Crippen molar-refractivity contribution >= 4 is 29.9 Å². The third-order valence-electron chi connectivity index (χ3n) is 6.48. The van der Waals surface area contributed by atoms with Gasteiger partial charge < -0.3 is 24.4 Å². The minimum atomic E-state index is 0. The number of hydrogen-bond acceptors (Lipinski definition) is 5. The number of nitrogens with one attached hydrogen (secondary N) is 1. The van der Waals surface area contributed by atoms with Crippen LogP contribution in [0.15, 0.2) is 23.3 Å². The first kappa shape index (κ1) is 24.5. The minimum absolute atomic E-state index is 0. The van der Waals surface area contributed by atoms with E-state index in [0.717, 1.165) is 68.7 Å². The van der Waals surface area contributed by atoms with Gasteiger partial charge in [-0.2, -0.15) is 0 Å². The second-order valence-electron chi connectivity index (χ2n) is 8.81. The summed E-state index contributed by atoms with van der Waals surface area (Å²) in [6, 6.07) is 4.08. The molecule has 0 spiro atoms. The molecule has 7 nitrogen and oxygen atoms in total.